The standard InChI is InChI=1S/5C7H8.C5H10.2C3H6/c5*1-7-5-3-2-4-6-7;1-5-3-2-4-5;2*1-3-2/h5*2-6H,1H3;5H,2-4H2,1H3;2*3H,1H2,2H3. The highest BCUT2D eigenvalue weighted by molar-refractivity contribution is 5.14. The Hall–Kier alpha value is -4.42. The second-order valence-corrected chi connectivity index (χ2v) is 11.1. The second-order valence-electron chi connectivity index (χ2n) is 11.1. The lowest BCUT2D eigenvalue weighted by atomic mass is 9.88. The Bertz CT molecular complexity index is 1050. The summed E-state index contributed by atoms with van der Waals surface area (Å²) in [5, 5.41) is 0. The summed E-state index contributed by atoms with van der Waals surface area (Å²) >= 11 is 0. The minimum Gasteiger partial charge on any atom is -0.103 e. The molecule has 1 aliphatic rings. The smallest absolute Gasteiger partial charge is 0.0398 e. The van der Waals surface area contributed by atoms with Gasteiger partial charge in [-0.1, -0.05) is 218 Å². The molecule has 0 radical (unpaired) electrons. The number of benzene rings is 5. The predicted octanol–water partition coefficient (Wildman–Crippen LogP) is 14.2. The van der Waals surface area contributed by atoms with Gasteiger partial charge in [0.2, 0.25) is 0 Å². The van der Waals surface area contributed by atoms with E-state index in [9.17, 15) is 0 Å². The van der Waals surface area contributed by atoms with Gasteiger partial charge in [-0.05, 0) is 54.4 Å². The van der Waals surface area contributed by atoms with E-state index in [1.807, 2.05) is 105 Å². The van der Waals surface area contributed by atoms with Crippen LogP contribution in [0.25, 0.3) is 0 Å². The molecule has 0 saturated heterocycles. The van der Waals surface area contributed by atoms with Crippen molar-refractivity contribution in [3.8, 4) is 0 Å². The summed E-state index contributed by atoms with van der Waals surface area (Å²) in [5.41, 5.74) is 6.61. The number of aryl methyl sites for hydroxylation is 5. The number of hydrogen-bond donors (Lipinski definition) is 0. The first-order valence-corrected chi connectivity index (χ1v) is 16.4. The summed E-state index contributed by atoms with van der Waals surface area (Å²) < 4.78 is 0. The van der Waals surface area contributed by atoms with Crippen molar-refractivity contribution in [3.05, 3.63) is 205 Å². The van der Waals surface area contributed by atoms with Crippen molar-refractivity contribution >= 4 is 0 Å². The maximum absolute atomic E-state index is 3.36. The zero-order valence-electron chi connectivity index (χ0n) is 30.2. The van der Waals surface area contributed by atoms with Gasteiger partial charge in [0.25, 0.3) is 0 Å². The van der Waals surface area contributed by atoms with E-state index in [0.717, 1.165) is 5.92 Å². The van der Waals surface area contributed by atoms with E-state index in [1.54, 1.807) is 12.2 Å². The Labute approximate surface area is 284 Å². The third kappa shape index (κ3) is 34.1. The van der Waals surface area contributed by atoms with Crippen LogP contribution in [0.15, 0.2) is 177 Å². The SMILES string of the molecule is C=CC.C=CC.CC1CCC1.Cc1ccccc1.Cc1ccccc1.Cc1ccccc1.Cc1ccccc1.Cc1ccccc1. The molecule has 0 unspecified atom stereocenters. The zero-order chi connectivity index (χ0) is 34.7. The van der Waals surface area contributed by atoms with E-state index < -0.39 is 0 Å². The van der Waals surface area contributed by atoms with Crippen LogP contribution in [0.2, 0.25) is 0 Å². The Balaban J connectivity index is 0. The first kappa shape index (κ1) is 43.7. The molecule has 5 aromatic carbocycles. The van der Waals surface area contributed by atoms with E-state index in [2.05, 4.69) is 115 Å². The fraction of sp³-hybridized carbons (Fsp3) is 0.261. The van der Waals surface area contributed by atoms with E-state index in [1.165, 1.54) is 47.1 Å². The molecule has 1 fully saturated rings. The normalized spacial score (nSPS) is 10.0. The van der Waals surface area contributed by atoms with Crippen LogP contribution in [0.4, 0.5) is 0 Å². The van der Waals surface area contributed by atoms with E-state index in [-0.39, 0.29) is 0 Å². The van der Waals surface area contributed by atoms with Crippen molar-refractivity contribution < 1.29 is 0 Å². The molecule has 0 nitrogen and oxygen atoms in total. The van der Waals surface area contributed by atoms with Gasteiger partial charge in [-0.15, -0.1) is 13.2 Å². The van der Waals surface area contributed by atoms with Crippen LogP contribution < -0.4 is 0 Å². The van der Waals surface area contributed by atoms with Gasteiger partial charge in [0.15, 0.2) is 0 Å². The quantitative estimate of drug-likeness (QED) is 0.152. The summed E-state index contributed by atoms with van der Waals surface area (Å²) in [6.45, 7) is 23.2. The molecule has 1 aliphatic carbocycles. The monoisotopic (exact) mass is 614 g/mol. The molecule has 0 heterocycles. The average Bonchev–Trinajstić information content (AvgIpc) is 3.04. The van der Waals surface area contributed by atoms with Crippen LogP contribution in [0.1, 0.15) is 67.9 Å². The zero-order valence-corrected chi connectivity index (χ0v) is 30.2. The lowest BCUT2D eigenvalue weighted by Gasteiger charge is -2.18. The van der Waals surface area contributed by atoms with Crippen LogP contribution in [0, 0.1) is 40.5 Å². The van der Waals surface area contributed by atoms with Gasteiger partial charge in [0.05, 0.1) is 0 Å². The molecule has 46 heavy (non-hydrogen) atoms. The van der Waals surface area contributed by atoms with Gasteiger partial charge in [0, 0.05) is 0 Å². The highest BCUT2D eigenvalue weighted by atomic mass is 14.1. The van der Waals surface area contributed by atoms with Crippen LogP contribution in [-0.2, 0) is 0 Å². The minimum absolute atomic E-state index is 1.06. The van der Waals surface area contributed by atoms with Crippen LogP contribution in [0.5, 0.6) is 0 Å². The van der Waals surface area contributed by atoms with Gasteiger partial charge in [0.1, 0.15) is 0 Å². The fourth-order valence-corrected chi connectivity index (χ4v) is 3.28. The van der Waals surface area contributed by atoms with Gasteiger partial charge in [-0.2, -0.15) is 0 Å². The van der Waals surface area contributed by atoms with Crippen LogP contribution >= 0.6 is 0 Å². The highest BCUT2D eigenvalue weighted by Gasteiger charge is 2.09. The van der Waals surface area contributed by atoms with Crippen LogP contribution in [-0.4, -0.2) is 0 Å². The summed E-state index contributed by atoms with van der Waals surface area (Å²) in [4.78, 5) is 0. The van der Waals surface area contributed by atoms with Gasteiger partial charge < -0.3 is 0 Å². The second kappa shape index (κ2) is 33.5. The molecular weight excluding hydrogens is 553 g/mol. The molecule has 0 bridgehead atoms. The van der Waals surface area contributed by atoms with Crippen molar-refractivity contribution in [2.75, 3.05) is 0 Å². The topological polar surface area (TPSA) is 0 Å². The fourth-order valence-electron chi connectivity index (χ4n) is 3.28. The molecular formula is C46H62. The Morgan fingerprint density at radius 2 is 0.522 bits per heavy atom. The predicted molar refractivity (Wildman–Crippen MR) is 211 cm³/mol. The molecule has 1 saturated carbocycles. The molecule has 0 aliphatic heterocycles. The van der Waals surface area contributed by atoms with Gasteiger partial charge in [-0.3, -0.25) is 0 Å². The number of hydrogen-bond acceptors (Lipinski definition) is 0. The summed E-state index contributed by atoms with van der Waals surface area (Å²) in [6.07, 6.45) is 7.96. The molecule has 0 heteroatoms. The van der Waals surface area contributed by atoms with Crippen molar-refractivity contribution in [2.45, 2.75) is 74.7 Å². The lowest BCUT2D eigenvalue weighted by molar-refractivity contribution is 0.346. The maximum atomic E-state index is 3.36. The van der Waals surface area contributed by atoms with Crippen molar-refractivity contribution in [2.24, 2.45) is 5.92 Å². The van der Waals surface area contributed by atoms with E-state index >= 15 is 0 Å². The largest absolute Gasteiger partial charge is 0.103 e. The van der Waals surface area contributed by atoms with E-state index in [0.29, 0.717) is 0 Å². The van der Waals surface area contributed by atoms with Crippen molar-refractivity contribution in [3.63, 3.8) is 0 Å². The number of rotatable bonds is 0. The first-order chi connectivity index (χ1) is 22.2. The molecule has 0 atom stereocenters. The van der Waals surface area contributed by atoms with E-state index in [4.69, 9.17) is 0 Å². The summed E-state index contributed by atoms with van der Waals surface area (Å²) in [5.74, 6) is 1.06. The molecule has 0 amide bonds. The Morgan fingerprint density at radius 3 is 0.565 bits per heavy atom. The molecule has 5 aromatic rings. The molecule has 0 aromatic heterocycles. The third-order valence-corrected chi connectivity index (χ3v) is 6.10. The van der Waals surface area contributed by atoms with Gasteiger partial charge in [-0.25, -0.2) is 0 Å². The van der Waals surface area contributed by atoms with Crippen LogP contribution in [0.3, 0.4) is 0 Å². The summed E-state index contributed by atoms with van der Waals surface area (Å²) in [7, 11) is 0. The molecule has 0 spiro atoms. The molecule has 246 valence electrons. The minimum atomic E-state index is 1.06. The van der Waals surface area contributed by atoms with Crippen molar-refractivity contribution in [1.82, 2.24) is 0 Å². The van der Waals surface area contributed by atoms with Crippen molar-refractivity contribution in [1.29, 1.82) is 0 Å². The average molecular weight is 615 g/mol. The Morgan fingerprint density at radius 1 is 0.391 bits per heavy atom. The Kier molecular flexibility index (Phi) is 31.8. The first-order valence-electron chi connectivity index (χ1n) is 16.4. The maximum Gasteiger partial charge on any atom is -0.0398 e. The number of allylic oxidation sites excluding steroid dienone is 2. The summed E-state index contributed by atoms with van der Waals surface area (Å²) in [6, 6.07) is 51.3. The van der Waals surface area contributed by atoms with Gasteiger partial charge >= 0.3 is 0 Å². The third-order valence-electron chi connectivity index (χ3n) is 6.10. The molecule has 0 N–H and O–H groups in total. The molecule has 6 rings (SSSR count). The lowest BCUT2D eigenvalue weighted by Crippen LogP contribution is -2.04. The highest BCUT2D eigenvalue weighted by Crippen LogP contribution is 2.24.